The Bertz CT molecular complexity index is 742. The maximum absolute atomic E-state index is 6.70. The summed E-state index contributed by atoms with van der Waals surface area (Å²) in [5, 5.41) is 2.57. The molecule has 0 amide bonds. The molecule has 0 spiro atoms. The summed E-state index contributed by atoms with van der Waals surface area (Å²) in [7, 11) is -1.30. The van der Waals surface area contributed by atoms with Crippen molar-refractivity contribution in [2.75, 3.05) is 0 Å². The molecule has 1 radical (unpaired) electrons. The topological polar surface area (TPSA) is 9.23 Å². The van der Waals surface area contributed by atoms with Crippen LogP contribution >= 0.6 is 0 Å². The Morgan fingerprint density at radius 1 is 0.625 bits per heavy atom. The van der Waals surface area contributed by atoms with Gasteiger partial charge in [0.05, 0.1) is 0 Å². The van der Waals surface area contributed by atoms with Crippen molar-refractivity contribution in [1.82, 2.24) is 0 Å². The molecule has 0 aliphatic carbocycles. The van der Waals surface area contributed by atoms with E-state index in [1.54, 1.807) is 0 Å². The third-order valence-electron chi connectivity index (χ3n) is 3.98. The van der Waals surface area contributed by atoms with Gasteiger partial charge in [-0.15, -0.1) is 0 Å². The molecule has 121 valence electrons. The Kier molecular flexibility index (Phi) is 5.46. The summed E-state index contributed by atoms with van der Waals surface area (Å²) in [5.41, 5.74) is 0. The molecule has 0 bridgehead atoms. The minimum atomic E-state index is -2.23. The number of rotatable bonds is 5. The summed E-state index contributed by atoms with van der Waals surface area (Å²) >= 11 is -2.23. The minimum absolute atomic E-state index is 1.09. The number of hydrogen-bond acceptors (Lipinski definition) is 1. The van der Waals surface area contributed by atoms with E-state index >= 15 is 0 Å². The number of hydrogen-bond donors (Lipinski definition) is 0. The van der Waals surface area contributed by atoms with Gasteiger partial charge in [-0.25, -0.2) is 0 Å². The standard InChI is InChI=1S/C18H14OSi.3CH3.Sn/c1-4-10-16(11-5-1)19-20(17-12-6-2-7-13-17)18-14-8-3-9-15-18;;;;/h1-10,12-15H;3*1H3;. The quantitative estimate of drug-likeness (QED) is 0.555. The van der Waals surface area contributed by atoms with E-state index in [0.29, 0.717) is 0 Å². The molecule has 1 nitrogen and oxygen atoms in total. The average Bonchev–Trinajstić information content (AvgIpc) is 2.61. The van der Waals surface area contributed by atoms with Crippen LogP contribution in [0.5, 0.6) is 5.75 Å². The van der Waals surface area contributed by atoms with E-state index in [4.69, 9.17) is 4.43 Å². The molecule has 3 aromatic carbocycles. The summed E-state index contributed by atoms with van der Waals surface area (Å²) < 4.78 is 8.16. The summed E-state index contributed by atoms with van der Waals surface area (Å²) in [6, 6.07) is 29.9. The molecule has 3 rings (SSSR count). The number of benzene rings is 3. The second-order valence-electron chi connectivity index (χ2n) is 6.91. The SMILES string of the molecule is [CH3][Sn]([CH3])([CH3])[c]1ccccc1O[Si](c1ccccc1)c1ccccc1. The van der Waals surface area contributed by atoms with Crippen LogP contribution in [0.3, 0.4) is 0 Å². The van der Waals surface area contributed by atoms with E-state index in [2.05, 4.69) is 99.7 Å². The van der Waals surface area contributed by atoms with Crippen molar-refractivity contribution in [2.24, 2.45) is 0 Å². The molecule has 0 unspecified atom stereocenters. The summed E-state index contributed by atoms with van der Waals surface area (Å²) in [6.45, 7) is 0. The Hall–Kier alpha value is -1.52. The summed E-state index contributed by atoms with van der Waals surface area (Å²) in [4.78, 5) is 7.32. The Balaban J connectivity index is 2.03. The van der Waals surface area contributed by atoms with Gasteiger partial charge in [-0.3, -0.25) is 0 Å². The predicted octanol–water partition coefficient (Wildman–Crippen LogP) is 3.42. The first-order chi connectivity index (χ1) is 11.6. The van der Waals surface area contributed by atoms with Crippen molar-refractivity contribution in [3.63, 3.8) is 0 Å². The van der Waals surface area contributed by atoms with Crippen LogP contribution in [0, 0.1) is 0 Å². The van der Waals surface area contributed by atoms with Gasteiger partial charge in [0.15, 0.2) is 0 Å². The molecular formula is C21H23OSiSn. The van der Waals surface area contributed by atoms with Gasteiger partial charge in [0.25, 0.3) is 0 Å². The van der Waals surface area contributed by atoms with Crippen LogP contribution in [0.2, 0.25) is 14.8 Å². The Morgan fingerprint density at radius 3 is 1.58 bits per heavy atom. The molecule has 3 heteroatoms. The van der Waals surface area contributed by atoms with Crippen molar-refractivity contribution in [1.29, 1.82) is 0 Å². The fourth-order valence-electron chi connectivity index (χ4n) is 2.75. The van der Waals surface area contributed by atoms with Gasteiger partial charge in [0, 0.05) is 0 Å². The van der Waals surface area contributed by atoms with Crippen LogP contribution in [0.4, 0.5) is 0 Å². The van der Waals surface area contributed by atoms with Crippen molar-refractivity contribution in [3.8, 4) is 5.75 Å². The van der Waals surface area contributed by atoms with E-state index in [1.165, 1.54) is 14.0 Å². The Morgan fingerprint density at radius 2 is 1.08 bits per heavy atom. The van der Waals surface area contributed by atoms with Gasteiger partial charge in [-0.2, -0.15) is 0 Å². The zero-order valence-electron chi connectivity index (χ0n) is 14.5. The molecule has 0 aliphatic heterocycles. The van der Waals surface area contributed by atoms with Gasteiger partial charge in [0.1, 0.15) is 0 Å². The maximum atomic E-state index is 6.70. The van der Waals surface area contributed by atoms with E-state index in [1.807, 2.05) is 0 Å². The average molecular weight is 438 g/mol. The second-order valence-corrected chi connectivity index (χ2v) is 23.3. The molecule has 0 aliphatic rings. The van der Waals surface area contributed by atoms with Crippen molar-refractivity contribution < 1.29 is 4.43 Å². The molecule has 0 N–H and O–H groups in total. The van der Waals surface area contributed by atoms with Gasteiger partial charge >= 0.3 is 151 Å². The number of para-hydroxylation sites is 1. The van der Waals surface area contributed by atoms with Crippen LogP contribution in [-0.2, 0) is 0 Å². The van der Waals surface area contributed by atoms with Crippen LogP contribution in [0.1, 0.15) is 0 Å². The molecule has 0 saturated carbocycles. The molecule has 0 fully saturated rings. The third kappa shape index (κ3) is 4.11. The third-order valence-corrected chi connectivity index (χ3v) is 11.9. The zero-order valence-corrected chi connectivity index (χ0v) is 18.3. The molecule has 0 heterocycles. The fraction of sp³-hybridized carbons (Fsp3) is 0.143. The van der Waals surface area contributed by atoms with Gasteiger partial charge in [-0.1, -0.05) is 0 Å². The molecule has 0 aromatic heterocycles. The van der Waals surface area contributed by atoms with Crippen molar-refractivity contribution >= 4 is 41.4 Å². The van der Waals surface area contributed by atoms with Crippen LogP contribution in [0.15, 0.2) is 84.9 Å². The first-order valence-electron chi connectivity index (χ1n) is 8.31. The van der Waals surface area contributed by atoms with E-state index < -0.39 is 27.4 Å². The monoisotopic (exact) mass is 439 g/mol. The molecular weight excluding hydrogens is 415 g/mol. The predicted molar refractivity (Wildman–Crippen MR) is 108 cm³/mol. The van der Waals surface area contributed by atoms with Crippen LogP contribution in [-0.4, -0.2) is 27.4 Å². The van der Waals surface area contributed by atoms with Gasteiger partial charge in [-0.05, 0) is 0 Å². The van der Waals surface area contributed by atoms with Crippen LogP contribution < -0.4 is 18.4 Å². The van der Waals surface area contributed by atoms with Gasteiger partial charge in [0.2, 0.25) is 0 Å². The van der Waals surface area contributed by atoms with Crippen LogP contribution in [0.25, 0.3) is 0 Å². The fourth-order valence-corrected chi connectivity index (χ4v) is 9.19. The zero-order chi connectivity index (χ0) is 17.0. The Labute approximate surface area is 150 Å². The van der Waals surface area contributed by atoms with E-state index in [-0.39, 0.29) is 0 Å². The molecule has 0 atom stereocenters. The summed E-state index contributed by atoms with van der Waals surface area (Å²) in [6.07, 6.45) is 0. The molecule has 3 aromatic rings. The van der Waals surface area contributed by atoms with Gasteiger partial charge < -0.3 is 0 Å². The summed E-state index contributed by atoms with van der Waals surface area (Å²) in [5.74, 6) is 1.09. The van der Waals surface area contributed by atoms with Crippen molar-refractivity contribution in [3.05, 3.63) is 84.9 Å². The van der Waals surface area contributed by atoms with E-state index in [9.17, 15) is 0 Å². The molecule has 0 saturated heterocycles. The molecule has 24 heavy (non-hydrogen) atoms. The first kappa shape index (κ1) is 17.3. The van der Waals surface area contributed by atoms with E-state index in [0.717, 1.165) is 5.75 Å². The second kappa shape index (κ2) is 7.58. The first-order valence-corrected chi connectivity index (χ1v) is 19.7. The van der Waals surface area contributed by atoms with Crippen molar-refractivity contribution in [2.45, 2.75) is 14.8 Å². The normalized spacial score (nSPS) is 11.5.